The number of hydrogen-bond donors (Lipinski definition) is 1. The molecular formula is C12H14N2O3S. The van der Waals surface area contributed by atoms with Crippen LogP contribution in [-0.2, 0) is 10.0 Å². The van der Waals surface area contributed by atoms with Crippen LogP contribution in [0.4, 0.5) is 0 Å². The molecule has 2 rings (SSSR count). The minimum atomic E-state index is -3.88. The molecule has 1 aromatic rings. The van der Waals surface area contributed by atoms with Crippen LogP contribution >= 0.6 is 0 Å². The summed E-state index contributed by atoms with van der Waals surface area (Å²) in [4.78, 5) is 13.7. The van der Waals surface area contributed by atoms with Crippen molar-refractivity contribution in [2.24, 2.45) is 5.14 Å². The lowest BCUT2D eigenvalue weighted by molar-refractivity contribution is 0.0767. The highest BCUT2D eigenvalue weighted by Gasteiger charge is 2.22. The number of carbonyl (C=O) groups is 1. The second-order valence-electron chi connectivity index (χ2n) is 4.05. The molecular weight excluding hydrogens is 252 g/mol. The first-order valence-corrected chi connectivity index (χ1v) is 7.11. The summed E-state index contributed by atoms with van der Waals surface area (Å²) in [5, 5.41) is 5.11. The van der Waals surface area contributed by atoms with Crippen LogP contribution in [0.1, 0.15) is 16.8 Å². The van der Waals surface area contributed by atoms with E-state index in [1.54, 1.807) is 17.0 Å². The summed E-state index contributed by atoms with van der Waals surface area (Å²) in [7, 11) is -3.88. The molecule has 0 radical (unpaired) electrons. The predicted molar refractivity (Wildman–Crippen MR) is 67.5 cm³/mol. The topological polar surface area (TPSA) is 80.5 Å². The lowest BCUT2D eigenvalue weighted by atomic mass is 10.1. The minimum Gasteiger partial charge on any atom is -0.335 e. The third kappa shape index (κ3) is 2.60. The molecule has 0 saturated carbocycles. The van der Waals surface area contributed by atoms with Gasteiger partial charge in [0.05, 0.1) is 10.5 Å². The fourth-order valence-electron chi connectivity index (χ4n) is 1.89. The van der Waals surface area contributed by atoms with Gasteiger partial charge in [-0.3, -0.25) is 4.79 Å². The number of nitrogens with two attached hydrogens (primary N) is 1. The minimum absolute atomic E-state index is 0.121. The third-order valence-corrected chi connectivity index (χ3v) is 3.74. The summed E-state index contributed by atoms with van der Waals surface area (Å²) >= 11 is 0. The van der Waals surface area contributed by atoms with E-state index >= 15 is 0 Å². The van der Waals surface area contributed by atoms with Gasteiger partial charge < -0.3 is 4.90 Å². The van der Waals surface area contributed by atoms with Gasteiger partial charge in [-0.05, 0) is 18.6 Å². The maximum absolute atomic E-state index is 12.2. The maximum Gasteiger partial charge on any atom is 0.255 e. The van der Waals surface area contributed by atoms with Crippen LogP contribution in [0, 0.1) is 0 Å². The Morgan fingerprint density at radius 3 is 2.56 bits per heavy atom. The number of sulfonamides is 1. The molecule has 0 fully saturated rings. The molecule has 96 valence electrons. The zero-order valence-electron chi connectivity index (χ0n) is 9.74. The summed E-state index contributed by atoms with van der Waals surface area (Å²) in [5.74, 6) is -0.302. The Kier molecular flexibility index (Phi) is 3.49. The number of primary sulfonamides is 1. The Hall–Kier alpha value is -1.66. The molecule has 0 aromatic heterocycles. The molecule has 1 heterocycles. The van der Waals surface area contributed by atoms with Crippen molar-refractivity contribution in [1.29, 1.82) is 0 Å². The van der Waals surface area contributed by atoms with Gasteiger partial charge >= 0.3 is 0 Å². The average molecular weight is 266 g/mol. The maximum atomic E-state index is 12.2. The van der Waals surface area contributed by atoms with Gasteiger partial charge in [-0.15, -0.1) is 0 Å². The highest BCUT2D eigenvalue weighted by molar-refractivity contribution is 7.89. The smallest absolute Gasteiger partial charge is 0.255 e. The normalized spacial score (nSPS) is 15.7. The molecule has 0 bridgehead atoms. The van der Waals surface area contributed by atoms with Gasteiger partial charge in [0.25, 0.3) is 5.91 Å². The number of hydrogen-bond acceptors (Lipinski definition) is 3. The van der Waals surface area contributed by atoms with E-state index in [1.807, 2.05) is 12.2 Å². The van der Waals surface area contributed by atoms with E-state index in [1.165, 1.54) is 12.1 Å². The summed E-state index contributed by atoms with van der Waals surface area (Å²) < 4.78 is 22.9. The van der Waals surface area contributed by atoms with Crippen LogP contribution in [-0.4, -0.2) is 32.3 Å². The first-order valence-electron chi connectivity index (χ1n) is 5.56. The van der Waals surface area contributed by atoms with E-state index < -0.39 is 10.0 Å². The summed E-state index contributed by atoms with van der Waals surface area (Å²) in [6.45, 7) is 1.09. The molecule has 1 aromatic carbocycles. The van der Waals surface area contributed by atoms with E-state index in [2.05, 4.69) is 0 Å². The number of carbonyl (C=O) groups excluding carboxylic acids is 1. The van der Waals surface area contributed by atoms with Gasteiger partial charge in [-0.2, -0.15) is 0 Å². The van der Waals surface area contributed by atoms with E-state index in [-0.39, 0.29) is 16.4 Å². The molecule has 2 N–H and O–H groups in total. The van der Waals surface area contributed by atoms with Gasteiger partial charge in [0, 0.05) is 13.1 Å². The Balaban J connectivity index is 2.39. The summed E-state index contributed by atoms with van der Waals surface area (Å²) in [5.41, 5.74) is 0.135. The van der Waals surface area contributed by atoms with E-state index in [0.29, 0.717) is 13.1 Å². The Morgan fingerprint density at radius 2 is 1.94 bits per heavy atom. The molecule has 0 aliphatic carbocycles. The van der Waals surface area contributed by atoms with E-state index in [9.17, 15) is 13.2 Å². The van der Waals surface area contributed by atoms with Crippen LogP contribution in [0.2, 0.25) is 0 Å². The zero-order valence-corrected chi connectivity index (χ0v) is 10.6. The zero-order chi connectivity index (χ0) is 13.2. The third-order valence-electron chi connectivity index (χ3n) is 2.77. The number of rotatable bonds is 2. The quantitative estimate of drug-likeness (QED) is 0.801. The van der Waals surface area contributed by atoms with Gasteiger partial charge in [-0.1, -0.05) is 24.3 Å². The highest BCUT2D eigenvalue weighted by atomic mass is 32.2. The van der Waals surface area contributed by atoms with Crippen LogP contribution < -0.4 is 5.14 Å². The Morgan fingerprint density at radius 1 is 1.22 bits per heavy atom. The molecule has 1 amide bonds. The Bertz CT molecular complexity index is 593. The molecule has 0 atom stereocenters. The van der Waals surface area contributed by atoms with Crippen LogP contribution in [0.25, 0.3) is 0 Å². The first-order chi connectivity index (χ1) is 8.50. The monoisotopic (exact) mass is 266 g/mol. The average Bonchev–Trinajstić information content (AvgIpc) is 2.38. The molecule has 1 aliphatic heterocycles. The van der Waals surface area contributed by atoms with Gasteiger partial charge in [-0.25, -0.2) is 13.6 Å². The standard InChI is InChI=1S/C12H14N2O3S/c13-18(16,17)11-7-3-2-6-10(11)12(15)14-8-4-1-5-9-14/h1-4,6-7H,5,8-9H2,(H2,13,16,17). The number of amides is 1. The van der Waals surface area contributed by atoms with Crippen molar-refractivity contribution in [1.82, 2.24) is 4.90 Å². The first kappa shape index (κ1) is 12.8. The van der Waals surface area contributed by atoms with E-state index in [0.717, 1.165) is 6.42 Å². The summed E-state index contributed by atoms with van der Waals surface area (Å²) in [6.07, 6.45) is 4.67. The highest BCUT2D eigenvalue weighted by Crippen LogP contribution is 2.17. The second-order valence-corrected chi connectivity index (χ2v) is 5.58. The summed E-state index contributed by atoms with van der Waals surface area (Å²) in [6, 6.07) is 6.01. The van der Waals surface area contributed by atoms with Crippen molar-refractivity contribution in [3.8, 4) is 0 Å². The number of nitrogens with zero attached hydrogens (tertiary/aromatic N) is 1. The molecule has 6 heteroatoms. The van der Waals surface area contributed by atoms with E-state index in [4.69, 9.17) is 5.14 Å². The molecule has 0 spiro atoms. The second kappa shape index (κ2) is 4.91. The van der Waals surface area contributed by atoms with Crippen molar-refractivity contribution in [2.45, 2.75) is 11.3 Å². The lowest BCUT2D eigenvalue weighted by Gasteiger charge is -2.24. The van der Waals surface area contributed by atoms with Crippen LogP contribution in [0.15, 0.2) is 41.3 Å². The van der Waals surface area contributed by atoms with Crippen molar-refractivity contribution in [3.63, 3.8) is 0 Å². The largest absolute Gasteiger partial charge is 0.335 e. The van der Waals surface area contributed by atoms with Gasteiger partial charge in [0.2, 0.25) is 10.0 Å². The SMILES string of the molecule is NS(=O)(=O)c1ccccc1C(=O)N1CC=CCC1. The fourth-order valence-corrected chi connectivity index (χ4v) is 2.62. The molecule has 1 aliphatic rings. The fraction of sp³-hybridized carbons (Fsp3) is 0.250. The molecule has 0 unspecified atom stereocenters. The number of benzene rings is 1. The predicted octanol–water partition coefficient (Wildman–Crippen LogP) is 0.736. The molecule has 0 saturated heterocycles. The van der Waals surface area contributed by atoms with Crippen molar-refractivity contribution in [2.75, 3.05) is 13.1 Å². The van der Waals surface area contributed by atoms with Crippen molar-refractivity contribution >= 4 is 15.9 Å². The van der Waals surface area contributed by atoms with Crippen molar-refractivity contribution < 1.29 is 13.2 Å². The van der Waals surface area contributed by atoms with Crippen LogP contribution in [0.3, 0.4) is 0 Å². The van der Waals surface area contributed by atoms with Gasteiger partial charge in [0.1, 0.15) is 0 Å². The Labute approximate surface area is 106 Å². The van der Waals surface area contributed by atoms with Gasteiger partial charge in [0.15, 0.2) is 0 Å². The van der Waals surface area contributed by atoms with Crippen molar-refractivity contribution in [3.05, 3.63) is 42.0 Å². The molecule has 18 heavy (non-hydrogen) atoms. The molecule has 5 nitrogen and oxygen atoms in total. The lowest BCUT2D eigenvalue weighted by Crippen LogP contribution is -2.35. The van der Waals surface area contributed by atoms with Crippen LogP contribution in [0.5, 0.6) is 0 Å².